The van der Waals surface area contributed by atoms with Crippen LogP contribution >= 0.6 is 31.9 Å². The Morgan fingerprint density at radius 3 is 2.38 bits per heavy atom. The number of alkyl halides is 2. The van der Waals surface area contributed by atoms with Crippen molar-refractivity contribution in [1.82, 2.24) is 5.32 Å². The van der Waals surface area contributed by atoms with Crippen molar-refractivity contribution < 1.29 is 4.79 Å². The van der Waals surface area contributed by atoms with Crippen molar-refractivity contribution in [2.45, 2.75) is 42.9 Å². The smallest absolute Gasteiger partial charge is 0.228 e. The van der Waals surface area contributed by atoms with E-state index in [0.717, 1.165) is 12.8 Å². The largest absolute Gasteiger partial charge is 0.353 e. The number of hydrogen-bond donors (Lipinski definition) is 1. The Morgan fingerprint density at radius 2 is 2.08 bits per heavy atom. The van der Waals surface area contributed by atoms with Crippen LogP contribution in [0.25, 0.3) is 0 Å². The molecule has 0 heterocycles. The van der Waals surface area contributed by atoms with Gasteiger partial charge in [-0.3, -0.25) is 4.79 Å². The van der Waals surface area contributed by atoms with Crippen LogP contribution in [0.3, 0.4) is 0 Å². The van der Waals surface area contributed by atoms with Crippen molar-refractivity contribution in [2.24, 2.45) is 5.41 Å². The fraction of sp³-hybridized carbons (Fsp3) is 0.889. The molecular formula is C9H15Br2NO. The maximum absolute atomic E-state index is 11.7. The number of carbonyl (C=O) groups is 1. The summed E-state index contributed by atoms with van der Waals surface area (Å²) >= 11 is 6.95. The summed E-state index contributed by atoms with van der Waals surface area (Å²) in [6, 6.07) is 0.265. The Hall–Kier alpha value is 0.430. The molecule has 1 saturated carbocycles. The molecule has 2 unspecified atom stereocenters. The summed E-state index contributed by atoms with van der Waals surface area (Å²) < 4.78 is -0.176. The molecule has 0 aromatic heterocycles. The SMILES string of the molecule is CCC(C)NC(=O)C1(C)CC1(Br)Br. The zero-order valence-electron chi connectivity index (χ0n) is 8.16. The molecule has 0 radical (unpaired) electrons. The van der Waals surface area contributed by atoms with Gasteiger partial charge in [-0.25, -0.2) is 0 Å². The third-order valence-corrected chi connectivity index (χ3v) is 5.06. The Bertz CT molecular complexity index is 230. The molecule has 0 spiro atoms. The molecule has 0 saturated heterocycles. The Kier molecular flexibility index (Phi) is 3.13. The molecule has 76 valence electrons. The highest BCUT2D eigenvalue weighted by Crippen LogP contribution is 2.66. The number of rotatable bonds is 3. The number of carbonyl (C=O) groups excluding carboxylic acids is 1. The molecule has 0 aromatic carbocycles. The summed E-state index contributed by atoms with van der Waals surface area (Å²) in [5.74, 6) is 0.135. The minimum atomic E-state index is -0.281. The summed E-state index contributed by atoms with van der Waals surface area (Å²) in [5, 5.41) is 2.99. The van der Waals surface area contributed by atoms with Crippen molar-refractivity contribution in [3.8, 4) is 0 Å². The summed E-state index contributed by atoms with van der Waals surface area (Å²) in [4.78, 5) is 11.7. The number of hydrogen-bond acceptors (Lipinski definition) is 1. The Balaban J connectivity index is 2.51. The van der Waals surface area contributed by atoms with E-state index in [9.17, 15) is 4.79 Å². The standard InChI is InChI=1S/C9H15Br2NO/c1-4-6(2)12-7(13)8(3)5-9(8,10)11/h6H,4-5H2,1-3H3,(H,12,13). The lowest BCUT2D eigenvalue weighted by Crippen LogP contribution is -2.38. The molecule has 2 nitrogen and oxygen atoms in total. The first kappa shape index (κ1) is 11.5. The molecule has 1 fully saturated rings. The van der Waals surface area contributed by atoms with E-state index < -0.39 is 0 Å². The minimum Gasteiger partial charge on any atom is -0.353 e. The van der Waals surface area contributed by atoms with Gasteiger partial charge in [0, 0.05) is 6.04 Å². The fourth-order valence-electron chi connectivity index (χ4n) is 1.13. The van der Waals surface area contributed by atoms with Crippen molar-refractivity contribution in [1.29, 1.82) is 0 Å². The van der Waals surface area contributed by atoms with E-state index in [1.54, 1.807) is 0 Å². The lowest BCUT2D eigenvalue weighted by molar-refractivity contribution is -0.126. The molecule has 1 N–H and O–H groups in total. The highest BCUT2D eigenvalue weighted by atomic mass is 79.9. The second-order valence-electron chi connectivity index (χ2n) is 4.00. The Morgan fingerprint density at radius 1 is 1.62 bits per heavy atom. The maximum atomic E-state index is 11.7. The first-order chi connectivity index (χ1) is 5.83. The zero-order valence-corrected chi connectivity index (χ0v) is 11.3. The monoisotopic (exact) mass is 311 g/mol. The average molecular weight is 313 g/mol. The molecule has 0 aromatic rings. The van der Waals surface area contributed by atoms with E-state index in [-0.39, 0.29) is 20.6 Å². The highest BCUT2D eigenvalue weighted by molar-refractivity contribution is 9.25. The van der Waals surface area contributed by atoms with Crippen molar-refractivity contribution in [3.63, 3.8) is 0 Å². The van der Waals surface area contributed by atoms with Gasteiger partial charge in [-0.15, -0.1) is 0 Å². The van der Waals surface area contributed by atoms with E-state index in [2.05, 4.69) is 44.1 Å². The quantitative estimate of drug-likeness (QED) is 0.798. The van der Waals surface area contributed by atoms with E-state index in [1.165, 1.54) is 0 Å². The topological polar surface area (TPSA) is 29.1 Å². The van der Waals surface area contributed by atoms with E-state index in [0.29, 0.717) is 0 Å². The van der Waals surface area contributed by atoms with Gasteiger partial charge in [-0.2, -0.15) is 0 Å². The van der Waals surface area contributed by atoms with Crippen LogP contribution in [-0.4, -0.2) is 15.2 Å². The van der Waals surface area contributed by atoms with Gasteiger partial charge in [-0.1, -0.05) is 38.8 Å². The van der Waals surface area contributed by atoms with Crippen LogP contribution in [0.4, 0.5) is 0 Å². The van der Waals surface area contributed by atoms with Gasteiger partial charge < -0.3 is 5.32 Å². The molecule has 4 heteroatoms. The van der Waals surface area contributed by atoms with Crippen LogP contribution in [0.5, 0.6) is 0 Å². The molecule has 13 heavy (non-hydrogen) atoms. The normalized spacial score (nSPS) is 32.4. The second kappa shape index (κ2) is 3.54. The van der Waals surface area contributed by atoms with E-state index in [1.807, 2.05) is 13.8 Å². The molecular weight excluding hydrogens is 298 g/mol. The van der Waals surface area contributed by atoms with E-state index in [4.69, 9.17) is 0 Å². The molecule has 0 bridgehead atoms. The van der Waals surface area contributed by atoms with Crippen LogP contribution in [0.2, 0.25) is 0 Å². The van der Waals surface area contributed by atoms with Crippen molar-refractivity contribution in [2.75, 3.05) is 0 Å². The molecule has 1 amide bonds. The van der Waals surface area contributed by atoms with Gasteiger partial charge in [0.05, 0.1) is 8.65 Å². The first-order valence-electron chi connectivity index (χ1n) is 4.52. The third kappa shape index (κ3) is 2.09. The van der Waals surface area contributed by atoms with Gasteiger partial charge in [0.1, 0.15) is 0 Å². The molecule has 1 aliphatic rings. The summed E-state index contributed by atoms with van der Waals surface area (Å²) in [5.41, 5.74) is -0.281. The van der Waals surface area contributed by atoms with Crippen LogP contribution < -0.4 is 5.32 Å². The lowest BCUT2D eigenvalue weighted by atomic mass is 10.1. The molecule has 1 rings (SSSR count). The van der Waals surface area contributed by atoms with Crippen LogP contribution in [0.1, 0.15) is 33.6 Å². The van der Waals surface area contributed by atoms with Crippen LogP contribution in [0, 0.1) is 5.41 Å². The fourth-order valence-corrected chi connectivity index (χ4v) is 2.61. The van der Waals surface area contributed by atoms with Gasteiger partial charge in [0.15, 0.2) is 0 Å². The van der Waals surface area contributed by atoms with Crippen LogP contribution in [-0.2, 0) is 4.79 Å². The predicted molar refractivity (Wildman–Crippen MR) is 61.2 cm³/mol. The molecule has 1 aliphatic carbocycles. The average Bonchev–Trinajstić information content (AvgIpc) is 2.52. The van der Waals surface area contributed by atoms with Gasteiger partial charge in [-0.05, 0) is 26.7 Å². The van der Waals surface area contributed by atoms with Crippen molar-refractivity contribution in [3.05, 3.63) is 0 Å². The van der Waals surface area contributed by atoms with Gasteiger partial charge in [0.25, 0.3) is 0 Å². The second-order valence-corrected chi connectivity index (χ2v) is 7.77. The summed E-state index contributed by atoms with van der Waals surface area (Å²) in [6.07, 6.45) is 1.82. The lowest BCUT2D eigenvalue weighted by Gasteiger charge is -2.16. The van der Waals surface area contributed by atoms with E-state index >= 15 is 0 Å². The minimum absolute atomic E-state index is 0.135. The van der Waals surface area contributed by atoms with Crippen molar-refractivity contribution >= 4 is 37.8 Å². The highest BCUT2D eigenvalue weighted by Gasteiger charge is 2.66. The van der Waals surface area contributed by atoms with Gasteiger partial charge >= 0.3 is 0 Å². The maximum Gasteiger partial charge on any atom is 0.228 e. The third-order valence-electron chi connectivity index (χ3n) is 2.75. The van der Waals surface area contributed by atoms with Gasteiger partial charge in [0.2, 0.25) is 5.91 Å². The number of halogens is 2. The molecule has 2 atom stereocenters. The Labute approximate surface area is 96.1 Å². The summed E-state index contributed by atoms with van der Waals surface area (Å²) in [7, 11) is 0. The predicted octanol–water partition coefficient (Wildman–Crippen LogP) is 2.80. The molecule has 0 aliphatic heterocycles. The number of amides is 1. The summed E-state index contributed by atoms with van der Waals surface area (Å²) in [6.45, 7) is 6.05. The zero-order chi connectivity index (χ0) is 10.3. The first-order valence-corrected chi connectivity index (χ1v) is 6.11. The van der Waals surface area contributed by atoms with Crippen LogP contribution in [0.15, 0.2) is 0 Å². The number of nitrogens with one attached hydrogen (secondary N) is 1.